The lowest BCUT2D eigenvalue weighted by Gasteiger charge is -2.23. The van der Waals surface area contributed by atoms with Crippen molar-refractivity contribution in [3.63, 3.8) is 0 Å². The Balaban J connectivity index is 2.26. The van der Waals surface area contributed by atoms with E-state index in [1.807, 2.05) is 0 Å². The SMILES string of the molecule is CC(CC1CCCCCN1)NC(C)C(=O)O. The van der Waals surface area contributed by atoms with Crippen LogP contribution in [0.1, 0.15) is 46.0 Å². The molecule has 1 saturated heterocycles. The van der Waals surface area contributed by atoms with E-state index in [2.05, 4.69) is 17.6 Å². The first kappa shape index (κ1) is 13.5. The molecule has 3 atom stereocenters. The van der Waals surface area contributed by atoms with Gasteiger partial charge in [0, 0.05) is 12.1 Å². The maximum atomic E-state index is 10.7. The van der Waals surface area contributed by atoms with Crippen molar-refractivity contribution in [2.45, 2.75) is 64.1 Å². The lowest BCUT2D eigenvalue weighted by Crippen LogP contribution is -2.43. The van der Waals surface area contributed by atoms with Crippen LogP contribution in [0.25, 0.3) is 0 Å². The Morgan fingerprint density at radius 2 is 2.19 bits per heavy atom. The largest absolute Gasteiger partial charge is 0.480 e. The highest BCUT2D eigenvalue weighted by molar-refractivity contribution is 5.72. The van der Waals surface area contributed by atoms with Gasteiger partial charge in [-0.1, -0.05) is 12.8 Å². The van der Waals surface area contributed by atoms with E-state index in [4.69, 9.17) is 5.11 Å². The third-order valence-electron chi connectivity index (χ3n) is 3.21. The van der Waals surface area contributed by atoms with Gasteiger partial charge in [-0.2, -0.15) is 0 Å². The molecule has 0 bridgehead atoms. The van der Waals surface area contributed by atoms with E-state index in [1.54, 1.807) is 6.92 Å². The van der Waals surface area contributed by atoms with Gasteiger partial charge in [-0.05, 0) is 39.7 Å². The molecule has 0 aliphatic carbocycles. The summed E-state index contributed by atoms with van der Waals surface area (Å²) in [6.07, 6.45) is 6.10. The second-order valence-electron chi connectivity index (χ2n) is 4.86. The first-order valence-corrected chi connectivity index (χ1v) is 6.32. The molecule has 0 aromatic heterocycles. The summed E-state index contributed by atoms with van der Waals surface area (Å²) in [5, 5.41) is 15.4. The van der Waals surface area contributed by atoms with Gasteiger partial charge in [0.25, 0.3) is 0 Å². The number of aliphatic carboxylic acids is 1. The average molecular weight is 228 g/mol. The lowest BCUT2D eigenvalue weighted by molar-refractivity contribution is -0.139. The van der Waals surface area contributed by atoms with E-state index in [9.17, 15) is 4.79 Å². The zero-order chi connectivity index (χ0) is 12.0. The lowest BCUT2D eigenvalue weighted by atomic mass is 10.0. The van der Waals surface area contributed by atoms with Gasteiger partial charge < -0.3 is 15.7 Å². The van der Waals surface area contributed by atoms with Crippen molar-refractivity contribution >= 4 is 5.97 Å². The van der Waals surface area contributed by atoms with E-state index in [0.29, 0.717) is 6.04 Å². The highest BCUT2D eigenvalue weighted by Gasteiger charge is 2.18. The average Bonchev–Trinajstić information content (AvgIpc) is 2.45. The van der Waals surface area contributed by atoms with Crippen LogP contribution in [0.4, 0.5) is 0 Å². The van der Waals surface area contributed by atoms with Gasteiger partial charge >= 0.3 is 5.97 Å². The molecule has 4 heteroatoms. The van der Waals surface area contributed by atoms with Crippen LogP contribution in [-0.2, 0) is 4.79 Å². The maximum Gasteiger partial charge on any atom is 0.320 e. The van der Waals surface area contributed by atoms with Crippen LogP contribution in [0.3, 0.4) is 0 Å². The Kier molecular flexibility index (Phi) is 5.77. The molecule has 1 aliphatic rings. The smallest absolute Gasteiger partial charge is 0.320 e. The highest BCUT2D eigenvalue weighted by atomic mass is 16.4. The minimum absolute atomic E-state index is 0.252. The van der Waals surface area contributed by atoms with Crippen LogP contribution >= 0.6 is 0 Å². The van der Waals surface area contributed by atoms with Crippen molar-refractivity contribution in [3.8, 4) is 0 Å². The highest BCUT2D eigenvalue weighted by Crippen LogP contribution is 2.12. The second kappa shape index (κ2) is 6.86. The van der Waals surface area contributed by atoms with Crippen molar-refractivity contribution in [2.75, 3.05) is 6.54 Å². The number of carboxylic acids is 1. The molecule has 4 nitrogen and oxygen atoms in total. The minimum Gasteiger partial charge on any atom is -0.480 e. The molecule has 1 aliphatic heterocycles. The van der Waals surface area contributed by atoms with E-state index in [-0.39, 0.29) is 6.04 Å². The first-order chi connectivity index (χ1) is 7.59. The van der Waals surface area contributed by atoms with Crippen LogP contribution in [0.5, 0.6) is 0 Å². The molecular formula is C12H24N2O2. The van der Waals surface area contributed by atoms with Crippen molar-refractivity contribution in [1.82, 2.24) is 10.6 Å². The van der Waals surface area contributed by atoms with E-state index in [0.717, 1.165) is 13.0 Å². The number of nitrogens with one attached hydrogen (secondary N) is 2. The number of rotatable bonds is 5. The number of carboxylic acid groups (broad SMARTS) is 1. The molecule has 0 saturated carbocycles. The standard InChI is InChI=1S/C12H24N2O2/c1-9(14-10(2)12(15)16)8-11-6-4-3-5-7-13-11/h9-11,13-14H,3-8H2,1-2H3,(H,15,16). The Hall–Kier alpha value is -0.610. The third kappa shape index (κ3) is 4.94. The summed E-state index contributed by atoms with van der Waals surface area (Å²) in [5.74, 6) is -0.777. The van der Waals surface area contributed by atoms with Crippen LogP contribution in [0.15, 0.2) is 0 Å². The Bertz CT molecular complexity index is 213. The van der Waals surface area contributed by atoms with Gasteiger partial charge in [-0.15, -0.1) is 0 Å². The normalized spacial score (nSPS) is 25.8. The van der Waals surface area contributed by atoms with Crippen molar-refractivity contribution < 1.29 is 9.90 Å². The zero-order valence-electron chi connectivity index (χ0n) is 10.3. The van der Waals surface area contributed by atoms with Crippen LogP contribution in [-0.4, -0.2) is 35.7 Å². The molecule has 94 valence electrons. The molecule has 3 N–H and O–H groups in total. The molecule has 0 aromatic carbocycles. The molecule has 3 unspecified atom stereocenters. The fourth-order valence-electron chi connectivity index (χ4n) is 2.29. The molecule has 0 radical (unpaired) electrons. The summed E-state index contributed by atoms with van der Waals surface area (Å²) in [5.41, 5.74) is 0. The van der Waals surface area contributed by atoms with Crippen LogP contribution in [0.2, 0.25) is 0 Å². The van der Waals surface area contributed by atoms with Crippen molar-refractivity contribution in [2.24, 2.45) is 0 Å². The number of hydrogen-bond donors (Lipinski definition) is 3. The number of hydrogen-bond acceptors (Lipinski definition) is 3. The quantitative estimate of drug-likeness (QED) is 0.665. The van der Waals surface area contributed by atoms with E-state index >= 15 is 0 Å². The fraction of sp³-hybridized carbons (Fsp3) is 0.917. The van der Waals surface area contributed by atoms with Crippen LogP contribution < -0.4 is 10.6 Å². The van der Waals surface area contributed by atoms with Crippen LogP contribution in [0, 0.1) is 0 Å². The third-order valence-corrected chi connectivity index (χ3v) is 3.21. The Morgan fingerprint density at radius 3 is 2.88 bits per heavy atom. The molecular weight excluding hydrogens is 204 g/mol. The summed E-state index contributed by atoms with van der Waals surface area (Å²) >= 11 is 0. The van der Waals surface area contributed by atoms with E-state index < -0.39 is 12.0 Å². The topological polar surface area (TPSA) is 61.4 Å². The van der Waals surface area contributed by atoms with Gasteiger partial charge in [0.05, 0.1) is 0 Å². The molecule has 0 amide bonds. The molecule has 1 fully saturated rings. The van der Waals surface area contributed by atoms with Crippen molar-refractivity contribution in [3.05, 3.63) is 0 Å². The summed E-state index contributed by atoms with van der Waals surface area (Å²) in [6.45, 7) is 4.86. The van der Waals surface area contributed by atoms with Crippen molar-refractivity contribution in [1.29, 1.82) is 0 Å². The molecule has 0 spiro atoms. The molecule has 1 rings (SSSR count). The second-order valence-corrected chi connectivity index (χ2v) is 4.86. The van der Waals surface area contributed by atoms with Gasteiger partial charge in [0.1, 0.15) is 6.04 Å². The summed E-state index contributed by atoms with van der Waals surface area (Å²) < 4.78 is 0. The van der Waals surface area contributed by atoms with Gasteiger partial charge in [0.15, 0.2) is 0 Å². The zero-order valence-corrected chi connectivity index (χ0v) is 10.3. The van der Waals surface area contributed by atoms with E-state index in [1.165, 1.54) is 25.7 Å². The summed E-state index contributed by atoms with van der Waals surface area (Å²) in [6, 6.07) is 0.341. The maximum absolute atomic E-state index is 10.7. The molecule has 0 aromatic rings. The summed E-state index contributed by atoms with van der Waals surface area (Å²) in [4.78, 5) is 10.7. The monoisotopic (exact) mass is 228 g/mol. The predicted octanol–water partition coefficient (Wildman–Crippen LogP) is 1.36. The Morgan fingerprint density at radius 1 is 1.44 bits per heavy atom. The van der Waals surface area contributed by atoms with Gasteiger partial charge in [-0.25, -0.2) is 0 Å². The van der Waals surface area contributed by atoms with Gasteiger partial charge in [0.2, 0.25) is 0 Å². The molecule has 16 heavy (non-hydrogen) atoms. The predicted molar refractivity (Wildman–Crippen MR) is 64.6 cm³/mol. The number of carbonyl (C=O) groups is 1. The molecule has 1 heterocycles. The first-order valence-electron chi connectivity index (χ1n) is 6.32. The summed E-state index contributed by atoms with van der Waals surface area (Å²) in [7, 11) is 0. The fourth-order valence-corrected chi connectivity index (χ4v) is 2.29. The van der Waals surface area contributed by atoms with Gasteiger partial charge in [-0.3, -0.25) is 4.79 Å². The Labute approximate surface area is 97.8 Å². The minimum atomic E-state index is -0.777.